The molecule has 0 aromatic carbocycles. The first kappa shape index (κ1) is 67.7. The molecule has 26 nitrogen and oxygen atoms in total. The number of fused-ring (bicyclic) bond motifs is 3. The number of aromatic amines is 1. The van der Waals surface area contributed by atoms with Crippen LogP contribution in [0.3, 0.4) is 0 Å². The number of halogens is 9. The summed E-state index contributed by atoms with van der Waals surface area (Å²) in [4.78, 5) is 74.6. The summed E-state index contributed by atoms with van der Waals surface area (Å²) in [6.45, 7) is 2.17. The van der Waals surface area contributed by atoms with Crippen molar-refractivity contribution in [1.29, 1.82) is 0 Å². The molecule has 36 heteroatoms. The average Bonchev–Trinajstić information content (AvgIpc) is 1.97. The van der Waals surface area contributed by atoms with Crippen molar-refractivity contribution in [3.8, 4) is 0 Å². The van der Waals surface area contributed by atoms with Gasteiger partial charge in [-0.2, -0.15) is 63.2 Å². The summed E-state index contributed by atoms with van der Waals surface area (Å²) in [7, 11) is 0.911. The van der Waals surface area contributed by atoms with Crippen LogP contribution in [0.25, 0.3) is 33.1 Å². The molecular formula is C49H67F9N12O14S. The number of aromatic nitrogens is 12. The zero-order valence-electron chi connectivity index (χ0n) is 46.8. The van der Waals surface area contributed by atoms with Crippen LogP contribution in [0.5, 0.6) is 0 Å². The van der Waals surface area contributed by atoms with Crippen LogP contribution in [0.2, 0.25) is 0 Å². The van der Waals surface area contributed by atoms with Gasteiger partial charge >= 0.3 is 35.6 Å². The third-order valence-corrected chi connectivity index (χ3v) is 14.8. The maximum atomic E-state index is 12.7. The third kappa shape index (κ3) is 19.3. The lowest BCUT2D eigenvalue weighted by Crippen LogP contribution is -2.42. The lowest BCUT2D eigenvalue weighted by Gasteiger charge is -2.22. The van der Waals surface area contributed by atoms with Crippen LogP contribution in [0.4, 0.5) is 39.5 Å². The highest BCUT2D eigenvalue weighted by molar-refractivity contribution is 7.85. The van der Waals surface area contributed by atoms with E-state index in [0.717, 1.165) is 99.8 Å². The molecule has 0 spiro atoms. The number of hydrogen-bond donors (Lipinski definition) is 2. The van der Waals surface area contributed by atoms with Gasteiger partial charge in [-0.1, -0.05) is 0 Å². The Labute approximate surface area is 476 Å². The second-order valence-electron chi connectivity index (χ2n) is 20.7. The Morgan fingerprint density at radius 1 is 0.529 bits per heavy atom. The van der Waals surface area contributed by atoms with Crippen molar-refractivity contribution >= 4 is 43.2 Å². The molecule has 4 aliphatic rings. The van der Waals surface area contributed by atoms with Crippen LogP contribution in [-0.4, -0.2) is 162 Å². The van der Waals surface area contributed by atoms with Crippen molar-refractivity contribution < 1.29 is 76.2 Å². The van der Waals surface area contributed by atoms with Gasteiger partial charge in [0.15, 0.2) is 16.6 Å². The lowest BCUT2D eigenvalue weighted by molar-refractivity contribution is -0.142. The van der Waals surface area contributed by atoms with Gasteiger partial charge in [-0.25, -0.2) is 28.4 Å². The summed E-state index contributed by atoms with van der Waals surface area (Å²) in [5.41, 5.74) is -4.59. The van der Waals surface area contributed by atoms with E-state index in [1.54, 1.807) is 0 Å². The number of ether oxygens (including phenoxy) is 4. The van der Waals surface area contributed by atoms with Gasteiger partial charge in [0.2, 0.25) is 0 Å². The quantitative estimate of drug-likeness (QED) is 0.139. The Balaban J connectivity index is 0.000000178. The molecule has 476 valence electrons. The van der Waals surface area contributed by atoms with E-state index >= 15 is 0 Å². The number of nitrogens with zero attached hydrogens (tertiary/aromatic N) is 11. The summed E-state index contributed by atoms with van der Waals surface area (Å²) in [6, 6.07) is 0. The van der Waals surface area contributed by atoms with Gasteiger partial charge in [-0.05, 0) is 75.0 Å². The van der Waals surface area contributed by atoms with Gasteiger partial charge in [0, 0.05) is 93.7 Å². The van der Waals surface area contributed by atoms with Gasteiger partial charge in [-0.3, -0.25) is 46.4 Å². The van der Waals surface area contributed by atoms with Crippen molar-refractivity contribution in [2.75, 3.05) is 72.3 Å². The first-order valence-corrected chi connectivity index (χ1v) is 28.6. The van der Waals surface area contributed by atoms with Crippen molar-refractivity contribution in [2.24, 2.45) is 44.8 Å². The molecule has 0 unspecified atom stereocenters. The SMILES string of the molecule is CS(=O)(=O)OCC1CCOCC1.Cn1c(=O)[nH]c(=O)c2c1cnn2CC(F)(F)F.Cn1c(=O)n(CC2CCOCC2)c(=O)c2c1cnn2CC(F)(F)F.Cn1c(=O)n(CC2CCOCC2)c(=O)c2c1cnn2CC(F)(F)F.OCC1CCOCC1. The van der Waals surface area contributed by atoms with Crippen LogP contribution in [0.1, 0.15) is 51.4 Å². The summed E-state index contributed by atoms with van der Waals surface area (Å²) in [5.74, 6) is 1.03. The lowest BCUT2D eigenvalue weighted by atomic mass is 10.0. The Bertz CT molecular complexity index is 3520. The fraction of sp³-hybridized carbons (Fsp3) is 0.694. The molecule has 0 radical (unpaired) electrons. The van der Waals surface area contributed by atoms with Crippen LogP contribution in [-0.2, 0) is 87.1 Å². The first-order valence-electron chi connectivity index (χ1n) is 26.8. The van der Waals surface area contributed by atoms with E-state index in [0.29, 0.717) is 91.2 Å². The smallest absolute Gasteiger partial charge is 0.396 e. The van der Waals surface area contributed by atoms with Crippen molar-refractivity contribution in [1.82, 2.24) is 57.2 Å². The van der Waals surface area contributed by atoms with Crippen molar-refractivity contribution in [2.45, 2.75) is 103 Å². The average molecular weight is 1250 g/mol. The van der Waals surface area contributed by atoms with Crippen LogP contribution in [0.15, 0.2) is 47.4 Å². The number of aliphatic hydroxyl groups is 1. The maximum absolute atomic E-state index is 12.7. The second kappa shape index (κ2) is 29.3. The minimum absolute atomic E-state index is 0.0583. The number of nitrogens with one attached hydrogen (secondary N) is 1. The number of H-pyrrole nitrogens is 1. The zero-order chi connectivity index (χ0) is 62.6. The van der Waals surface area contributed by atoms with Crippen molar-refractivity contribution in [3.05, 3.63) is 81.1 Å². The number of rotatable bonds is 11. The van der Waals surface area contributed by atoms with E-state index in [1.165, 1.54) is 21.1 Å². The molecule has 0 aliphatic carbocycles. The highest BCUT2D eigenvalue weighted by Gasteiger charge is 2.33. The Morgan fingerprint density at radius 2 is 0.847 bits per heavy atom. The molecule has 4 aliphatic heterocycles. The van der Waals surface area contributed by atoms with E-state index in [1.807, 2.05) is 4.98 Å². The van der Waals surface area contributed by atoms with Crippen LogP contribution in [0, 0.1) is 23.7 Å². The standard InChI is InChI=1S/2C14H17F3N4O3.C8H7F3N4O2.C7H14O4S.C6H12O2/c2*1-19-10-6-18-21(8-14(15,16)17)11(10)12(22)20(13(19)23)7-9-2-4-24-5-3-9;1-14-4-2-12-15(3-8(9,10)11)5(4)6(16)13-7(14)17;1-12(8,9)11-6-7-2-4-10-5-3-7;7-5-6-1-3-8-4-2-6/h2*6,9H,2-5,7-8H2,1H3;2H,3H2,1H3,(H,13,16,17);7H,2-6H2,1H3;6-7H,1-5H2. The van der Waals surface area contributed by atoms with E-state index in [-0.39, 0.29) is 58.0 Å². The fourth-order valence-corrected chi connectivity index (χ4v) is 9.95. The molecular weight excluding hydrogens is 1180 g/mol. The minimum atomic E-state index is -4.51. The highest BCUT2D eigenvalue weighted by Crippen LogP contribution is 2.23. The predicted molar refractivity (Wildman–Crippen MR) is 284 cm³/mol. The van der Waals surface area contributed by atoms with Gasteiger partial charge < -0.3 is 24.1 Å². The predicted octanol–water partition coefficient (Wildman–Crippen LogP) is 2.55. The van der Waals surface area contributed by atoms with Gasteiger partial charge in [0.1, 0.15) is 19.6 Å². The molecule has 6 aromatic heterocycles. The molecule has 2 N–H and O–H groups in total. The molecule has 4 fully saturated rings. The van der Waals surface area contributed by atoms with Gasteiger partial charge in [0.25, 0.3) is 26.8 Å². The molecule has 10 heterocycles. The maximum Gasteiger partial charge on any atom is 0.408 e. The number of aryl methyl sites for hydroxylation is 3. The normalized spacial score (nSPS) is 17.2. The second-order valence-corrected chi connectivity index (χ2v) is 22.3. The fourth-order valence-electron chi connectivity index (χ4n) is 9.51. The van der Waals surface area contributed by atoms with E-state index in [9.17, 15) is 76.7 Å². The highest BCUT2D eigenvalue weighted by atomic mass is 32.2. The molecule has 0 atom stereocenters. The molecule has 0 amide bonds. The topological polar surface area (TPSA) is 297 Å². The van der Waals surface area contributed by atoms with E-state index in [2.05, 4.69) is 19.5 Å². The third-order valence-electron chi connectivity index (χ3n) is 14.2. The summed E-state index contributed by atoms with van der Waals surface area (Å²) in [5, 5.41) is 19.4. The monoisotopic (exact) mass is 1250 g/mol. The zero-order valence-corrected chi connectivity index (χ0v) is 47.6. The van der Waals surface area contributed by atoms with Gasteiger partial charge in [0.05, 0.1) is 48.0 Å². The summed E-state index contributed by atoms with van der Waals surface area (Å²) < 4.78 is 166. The molecule has 6 aromatic rings. The summed E-state index contributed by atoms with van der Waals surface area (Å²) in [6.07, 6.45) is -2.46. The van der Waals surface area contributed by atoms with Crippen molar-refractivity contribution in [3.63, 3.8) is 0 Å². The Kier molecular flexibility index (Phi) is 23.3. The molecule has 0 bridgehead atoms. The molecule has 0 saturated carbocycles. The van der Waals surface area contributed by atoms with Crippen LogP contribution < -0.4 is 33.7 Å². The number of aliphatic hydroxyl groups excluding tert-OH is 1. The number of hydrogen-bond acceptors (Lipinski definition) is 17. The Morgan fingerprint density at radius 3 is 1.16 bits per heavy atom. The number of alkyl halides is 9. The van der Waals surface area contributed by atoms with E-state index < -0.39 is 82.0 Å². The molecule has 85 heavy (non-hydrogen) atoms. The Hall–Kier alpha value is -6.47. The first-order chi connectivity index (χ1) is 39.9. The molecule has 4 saturated heterocycles. The van der Waals surface area contributed by atoms with Gasteiger partial charge in [-0.15, -0.1) is 0 Å². The minimum Gasteiger partial charge on any atom is -0.396 e. The largest absolute Gasteiger partial charge is 0.408 e. The molecule has 10 rings (SSSR count). The van der Waals surface area contributed by atoms with E-state index in [4.69, 9.17) is 24.1 Å². The van der Waals surface area contributed by atoms with Crippen LogP contribution >= 0.6 is 0 Å². The summed E-state index contributed by atoms with van der Waals surface area (Å²) >= 11 is 0.